The fourth-order valence-electron chi connectivity index (χ4n) is 1.61. The Hall–Kier alpha value is -1.06. The molecule has 3 nitrogen and oxygen atoms in total. The summed E-state index contributed by atoms with van der Waals surface area (Å²) in [6, 6.07) is 10.2. The van der Waals surface area contributed by atoms with Crippen LogP contribution in [0, 0.1) is 0 Å². The summed E-state index contributed by atoms with van der Waals surface area (Å²) in [6.45, 7) is 5.13. The maximum Gasteiger partial charge on any atom is 0.224 e. The van der Waals surface area contributed by atoms with E-state index in [0.29, 0.717) is 19.5 Å². The molecular weight excluding hydrogens is 236 g/mol. The molecule has 0 saturated carbocycles. The Morgan fingerprint density at radius 3 is 2.35 bits per heavy atom. The van der Waals surface area contributed by atoms with Crippen molar-refractivity contribution >= 4 is 18.3 Å². The summed E-state index contributed by atoms with van der Waals surface area (Å²) < 4.78 is 0. The fourth-order valence-corrected chi connectivity index (χ4v) is 1.61. The van der Waals surface area contributed by atoms with E-state index < -0.39 is 0 Å². The van der Waals surface area contributed by atoms with Crippen molar-refractivity contribution in [3.05, 3.63) is 35.9 Å². The first-order valence-corrected chi connectivity index (χ1v) is 5.68. The summed E-state index contributed by atoms with van der Waals surface area (Å²) in [7, 11) is 0. The van der Waals surface area contributed by atoms with Gasteiger partial charge in [-0.15, -0.1) is 12.4 Å². The number of halogens is 1. The molecule has 0 unspecified atom stereocenters. The van der Waals surface area contributed by atoms with Crippen molar-refractivity contribution in [2.75, 3.05) is 6.54 Å². The highest BCUT2D eigenvalue weighted by Crippen LogP contribution is 2.09. The fraction of sp³-hybridized carbons (Fsp3) is 0.462. The number of carbonyl (C=O) groups excluding carboxylic acids is 1. The molecule has 1 aromatic rings. The van der Waals surface area contributed by atoms with Gasteiger partial charge in [-0.2, -0.15) is 0 Å². The van der Waals surface area contributed by atoms with E-state index in [2.05, 4.69) is 0 Å². The van der Waals surface area contributed by atoms with Gasteiger partial charge in [0.1, 0.15) is 0 Å². The molecule has 0 aliphatic rings. The van der Waals surface area contributed by atoms with Gasteiger partial charge in [0.15, 0.2) is 0 Å². The number of benzene rings is 1. The zero-order chi connectivity index (χ0) is 12.0. The lowest BCUT2D eigenvalue weighted by Gasteiger charge is -2.26. The van der Waals surface area contributed by atoms with Gasteiger partial charge < -0.3 is 10.6 Å². The average molecular weight is 257 g/mol. The number of hydrogen-bond acceptors (Lipinski definition) is 2. The van der Waals surface area contributed by atoms with Crippen LogP contribution >= 0.6 is 12.4 Å². The van der Waals surface area contributed by atoms with Gasteiger partial charge in [-0.1, -0.05) is 30.3 Å². The van der Waals surface area contributed by atoms with Crippen LogP contribution in [0.4, 0.5) is 0 Å². The van der Waals surface area contributed by atoms with Crippen LogP contribution in [-0.2, 0) is 11.3 Å². The molecule has 0 fully saturated rings. The van der Waals surface area contributed by atoms with Crippen molar-refractivity contribution in [2.24, 2.45) is 5.73 Å². The Morgan fingerprint density at radius 2 is 1.88 bits per heavy atom. The van der Waals surface area contributed by atoms with E-state index in [0.717, 1.165) is 5.56 Å². The average Bonchev–Trinajstić information content (AvgIpc) is 2.27. The molecule has 0 aliphatic carbocycles. The van der Waals surface area contributed by atoms with Crippen LogP contribution in [-0.4, -0.2) is 23.4 Å². The number of nitrogens with two attached hydrogens (primary N) is 1. The molecule has 0 spiro atoms. The highest BCUT2D eigenvalue weighted by Gasteiger charge is 2.15. The number of rotatable bonds is 5. The molecule has 1 rings (SSSR count). The van der Waals surface area contributed by atoms with Crippen molar-refractivity contribution in [1.29, 1.82) is 0 Å². The molecule has 1 aromatic carbocycles. The monoisotopic (exact) mass is 256 g/mol. The second kappa shape index (κ2) is 8.09. The van der Waals surface area contributed by atoms with Crippen molar-refractivity contribution in [3.63, 3.8) is 0 Å². The number of hydrogen-bond donors (Lipinski definition) is 1. The van der Waals surface area contributed by atoms with Crippen LogP contribution in [0.2, 0.25) is 0 Å². The summed E-state index contributed by atoms with van der Waals surface area (Å²) >= 11 is 0. The minimum Gasteiger partial charge on any atom is -0.336 e. The van der Waals surface area contributed by atoms with Crippen molar-refractivity contribution < 1.29 is 4.79 Å². The Morgan fingerprint density at radius 1 is 1.29 bits per heavy atom. The van der Waals surface area contributed by atoms with Gasteiger partial charge in [-0.3, -0.25) is 4.79 Å². The highest BCUT2D eigenvalue weighted by molar-refractivity contribution is 5.85. The molecule has 96 valence electrons. The molecule has 1 amide bonds. The van der Waals surface area contributed by atoms with Crippen LogP contribution in [0.3, 0.4) is 0 Å². The van der Waals surface area contributed by atoms with E-state index in [9.17, 15) is 4.79 Å². The third-order valence-electron chi connectivity index (χ3n) is 2.50. The second-order valence-corrected chi connectivity index (χ2v) is 4.14. The maximum absolute atomic E-state index is 11.8. The van der Waals surface area contributed by atoms with E-state index in [4.69, 9.17) is 5.73 Å². The van der Waals surface area contributed by atoms with E-state index in [1.54, 1.807) is 0 Å². The topological polar surface area (TPSA) is 46.3 Å². The molecule has 0 bridgehead atoms. The van der Waals surface area contributed by atoms with Crippen LogP contribution < -0.4 is 5.73 Å². The summed E-state index contributed by atoms with van der Waals surface area (Å²) in [6.07, 6.45) is 0.422. The third-order valence-corrected chi connectivity index (χ3v) is 2.50. The summed E-state index contributed by atoms with van der Waals surface area (Å²) in [5.41, 5.74) is 6.57. The zero-order valence-corrected chi connectivity index (χ0v) is 11.2. The quantitative estimate of drug-likeness (QED) is 0.878. The van der Waals surface area contributed by atoms with Gasteiger partial charge in [-0.05, 0) is 19.4 Å². The van der Waals surface area contributed by atoms with E-state index in [1.807, 2.05) is 49.1 Å². The molecule has 0 heterocycles. The first-order valence-electron chi connectivity index (χ1n) is 5.68. The molecule has 0 atom stereocenters. The van der Waals surface area contributed by atoms with Crippen LogP contribution in [0.1, 0.15) is 25.8 Å². The van der Waals surface area contributed by atoms with E-state index in [-0.39, 0.29) is 24.4 Å². The van der Waals surface area contributed by atoms with Crippen molar-refractivity contribution in [1.82, 2.24) is 4.90 Å². The summed E-state index contributed by atoms with van der Waals surface area (Å²) in [5, 5.41) is 0. The molecule has 0 saturated heterocycles. The third kappa shape index (κ3) is 5.20. The molecule has 0 aliphatic heterocycles. The van der Waals surface area contributed by atoms with Gasteiger partial charge >= 0.3 is 0 Å². The number of carbonyl (C=O) groups is 1. The zero-order valence-electron chi connectivity index (χ0n) is 10.4. The predicted molar refractivity (Wildman–Crippen MR) is 73.0 cm³/mol. The largest absolute Gasteiger partial charge is 0.336 e. The normalized spacial score (nSPS) is 9.88. The van der Waals surface area contributed by atoms with Gasteiger partial charge in [-0.25, -0.2) is 0 Å². The number of amides is 1. The van der Waals surface area contributed by atoms with E-state index in [1.165, 1.54) is 0 Å². The van der Waals surface area contributed by atoms with Gasteiger partial charge in [0, 0.05) is 25.6 Å². The number of nitrogens with zero attached hydrogens (tertiary/aromatic N) is 1. The van der Waals surface area contributed by atoms with E-state index >= 15 is 0 Å². The van der Waals surface area contributed by atoms with Crippen molar-refractivity contribution in [3.8, 4) is 0 Å². The molecule has 0 aromatic heterocycles. The minimum atomic E-state index is 0. The van der Waals surface area contributed by atoms with Crippen LogP contribution in [0.15, 0.2) is 30.3 Å². The SMILES string of the molecule is CC(C)N(Cc1ccccc1)C(=O)CCN.Cl. The lowest BCUT2D eigenvalue weighted by atomic mass is 10.2. The molecular formula is C13H21ClN2O. The Kier molecular flexibility index (Phi) is 7.59. The summed E-state index contributed by atoms with van der Waals surface area (Å²) in [4.78, 5) is 13.7. The molecule has 0 radical (unpaired) electrons. The first kappa shape index (κ1) is 15.9. The lowest BCUT2D eigenvalue weighted by Crippen LogP contribution is -2.37. The van der Waals surface area contributed by atoms with Crippen molar-refractivity contribution in [2.45, 2.75) is 32.9 Å². The van der Waals surface area contributed by atoms with Crippen LogP contribution in [0.25, 0.3) is 0 Å². The standard InChI is InChI=1S/C13H20N2O.ClH/c1-11(2)15(13(16)8-9-14)10-12-6-4-3-5-7-12;/h3-7,11H,8-10,14H2,1-2H3;1H. The minimum absolute atomic E-state index is 0. The van der Waals surface area contributed by atoms with Gasteiger partial charge in [0.2, 0.25) is 5.91 Å². The second-order valence-electron chi connectivity index (χ2n) is 4.14. The first-order chi connectivity index (χ1) is 7.65. The lowest BCUT2D eigenvalue weighted by molar-refractivity contribution is -0.133. The van der Waals surface area contributed by atoms with Gasteiger partial charge in [0.25, 0.3) is 0 Å². The van der Waals surface area contributed by atoms with Crippen LogP contribution in [0.5, 0.6) is 0 Å². The Labute approximate surface area is 109 Å². The smallest absolute Gasteiger partial charge is 0.224 e. The molecule has 4 heteroatoms. The Balaban J connectivity index is 0.00000256. The molecule has 2 N–H and O–H groups in total. The molecule has 17 heavy (non-hydrogen) atoms. The summed E-state index contributed by atoms with van der Waals surface area (Å²) in [5.74, 6) is 0.126. The maximum atomic E-state index is 11.8. The Bertz CT molecular complexity index is 327. The predicted octanol–water partition coefficient (Wildman–Crippen LogP) is 2.19. The van der Waals surface area contributed by atoms with Gasteiger partial charge in [0.05, 0.1) is 0 Å². The highest BCUT2D eigenvalue weighted by atomic mass is 35.5.